The molecule has 1 amide bonds. The van der Waals surface area contributed by atoms with Gasteiger partial charge in [-0.1, -0.05) is 25.7 Å². The fourth-order valence-corrected chi connectivity index (χ4v) is 4.32. The normalized spacial score (nSPS) is 20.1. The highest BCUT2D eigenvalue weighted by Crippen LogP contribution is 2.33. The summed E-state index contributed by atoms with van der Waals surface area (Å²) >= 11 is 3.35. The lowest BCUT2D eigenvalue weighted by molar-refractivity contribution is 0.0579. The Kier molecular flexibility index (Phi) is 4.63. The largest absolute Gasteiger partial charge is 0.333 e. The summed E-state index contributed by atoms with van der Waals surface area (Å²) in [6.07, 6.45) is 9.30. The van der Waals surface area contributed by atoms with Gasteiger partial charge in [0.05, 0.1) is 5.56 Å². The molecule has 0 saturated heterocycles. The Morgan fingerprint density at radius 1 is 1.05 bits per heavy atom. The van der Waals surface area contributed by atoms with Gasteiger partial charge in [0.15, 0.2) is 0 Å². The van der Waals surface area contributed by atoms with Gasteiger partial charge >= 0.3 is 0 Å². The number of amides is 1. The summed E-state index contributed by atoms with van der Waals surface area (Å²) in [5, 5.41) is 0. The summed E-state index contributed by atoms with van der Waals surface area (Å²) in [6.45, 7) is 0. The molecule has 114 valence electrons. The molecule has 0 aromatic heterocycles. The third kappa shape index (κ3) is 3.15. The third-order valence-electron chi connectivity index (χ3n) is 4.83. The van der Waals surface area contributed by atoms with Gasteiger partial charge in [-0.15, -0.1) is 0 Å². The first-order valence-corrected chi connectivity index (χ1v) is 8.74. The molecule has 2 nitrogen and oxygen atoms in total. The van der Waals surface area contributed by atoms with Crippen molar-refractivity contribution in [2.45, 2.75) is 63.5 Å². The molecule has 0 heterocycles. The maximum absolute atomic E-state index is 13.3. The molecule has 0 radical (unpaired) electrons. The quantitative estimate of drug-likeness (QED) is 0.755. The number of carbonyl (C=O) groups is 1. The van der Waals surface area contributed by atoms with Crippen LogP contribution in [0, 0.1) is 5.82 Å². The Labute approximate surface area is 133 Å². The molecule has 0 spiro atoms. The van der Waals surface area contributed by atoms with E-state index in [1.165, 1.54) is 37.8 Å². The van der Waals surface area contributed by atoms with Crippen molar-refractivity contribution in [2.75, 3.05) is 0 Å². The number of nitrogens with zero attached hydrogens (tertiary/aromatic N) is 1. The molecule has 21 heavy (non-hydrogen) atoms. The Hall–Kier alpha value is -0.900. The van der Waals surface area contributed by atoms with Crippen LogP contribution in [0.25, 0.3) is 0 Å². The molecule has 0 N–H and O–H groups in total. The number of halogens is 2. The lowest BCUT2D eigenvalue weighted by Crippen LogP contribution is -2.45. The molecule has 2 saturated carbocycles. The van der Waals surface area contributed by atoms with Crippen LogP contribution in [0.4, 0.5) is 4.39 Å². The van der Waals surface area contributed by atoms with E-state index in [2.05, 4.69) is 20.8 Å². The van der Waals surface area contributed by atoms with Crippen molar-refractivity contribution in [3.8, 4) is 0 Å². The Balaban J connectivity index is 1.89. The monoisotopic (exact) mass is 353 g/mol. The third-order valence-corrected chi connectivity index (χ3v) is 5.49. The van der Waals surface area contributed by atoms with Crippen LogP contribution in [0.2, 0.25) is 0 Å². The van der Waals surface area contributed by atoms with Gasteiger partial charge in [0.1, 0.15) is 5.82 Å². The average molecular weight is 354 g/mol. The Morgan fingerprint density at radius 3 is 2.05 bits per heavy atom. The first-order valence-electron chi connectivity index (χ1n) is 7.94. The first kappa shape index (κ1) is 15.0. The molecular weight excluding hydrogens is 333 g/mol. The zero-order chi connectivity index (χ0) is 14.8. The summed E-state index contributed by atoms with van der Waals surface area (Å²) in [5.41, 5.74) is 0.593. The van der Waals surface area contributed by atoms with Gasteiger partial charge < -0.3 is 4.90 Å². The second kappa shape index (κ2) is 6.47. The van der Waals surface area contributed by atoms with Crippen molar-refractivity contribution in [3.05, 3.63) is 34.1 Å². The second-order valence-electron chi connectivity index (χ2n) is 6.21. The molecule has 2 aliphatic rings. The molecule has 2 aliphatic carbocycles. The van der Waals surface area contributed by atoms with Crippen molar-refractivity contribution >= 4 is 21.8 Å². The van der Waals surface area contributed by atoms with Crippen molar-refractivity contribution in [2.24, 2.45) is 0 Å². The van der Waals surface area contributed by atoms with E-state index in [-0.39, 0.29) is 11.7 Å². The number of hydrogen-bond acceptors (Lipinski definition) is 1. The van der Waals surface area contributed by atoms with Gasteiger partial charge in [-0.05, 0) is 59.8 Å². The van der Waals surface area contributed by atoms with Crippen LogP contribution in [0.1, 0.15) is 61.7 Å². The van der Waals surface area contributed by atoms with Crippen molar-refractivity contribution in [3.63, 3.8) is 0 Å². The highest BCUT2D eigenvalue weighted by Gasteiger charge is 2.35. The molecular formula is C17H21BrFNO. The number of rotatable bonds is 3. The molecule has 2 fully saturated rings. The minimum Gasteiger partial charge on any atom is -0.333 e. The van der Waals surface area contributed by atoms with Gasteiger partial charge in [0.25, 0.3) is 5.91 Å². The van der Waals surface area contributed by atoms with E-state index in [0.29, 0.717) is 22.1 Å². The van der Waals surface area contributed by atoms with E-state index < -0.39 is 0 Å². The maximum atomic E-state index is 13.3. The van der Waals surface area contributed by atoms with Crippen LogP contribution in [0.15, 0.2) is 22.7 Å². The summed E-state index contributed by atoms with van der Waals surface area (Å²) in [5.74, 6) is -0.243. The predicted octanol–water partition coefficient (Wildman–Crippen LogP) is 4.92. The van der Waals surface area contributed by atoms with Gasteiger partial charge in [-0.3, -0.25) is 4.79 Å². The van der Waals surface area contributed by atoms with Gasteiger partial charge in [-0.2, -0.15) is 0 Å². The van der Waals surface area contributed by atoms with E-state index in [0.717, 1.165) is 25.7 Å². The predicted molar refractivity (Wildman–Crippen MR) is 84.8 cm³/mol. The van der Waals surface area contributed by atoms with Gasteiger partial charge in [0, 0.05) is 16.6 Å². The summed E-state index contributed by atoms with van der Waals surface area (Å²) < 4.78 is 13.8. The highest BCUT2D eigenvalue weighted by molar-refractivity contribution is 9.10. The Bertz CT molecular complexity index is 506. The minimum atomic E-state index is -0.313. The van der Waals surface area contributed by atoms with Crippen molar-refractivity contribution in [1.82, 2.24) is 4.90 Å². The molecule has 1 aromatic rings. The SMILES string of the molecule is O=C(c1ccc(F)cc1Br)N(C1CCCC1)C1CCCC1. The molecule has 1 aromatic carbocycles. The van der Waals surface area contributed by atoms with E-state index in [9.17, 15) is 9.18 Å². The smallest absolute Gasteiger partial charge is 0.255 e. The van der Waals surface area contributed by atoms with Crippen LogP contribution in [0.3, 0.4) is 0 Å². The molecule has 3 rings (SSSR count). The number of benzene rings is 1. The van der Waals surface area contributed by atoms with Crippen LogP contribution in [-0.4, -0.2) is 22.9 Å². The lowest BCUT2D eigenvalue weighted by atomic mass is 10.1. The summed E-state index contributed by atoms with van der Waals surface area (Å²) in [4.78, 5) is 15.1. The summed E-state index contributed by atoms with van der Waals surface area (Å²) in [6, 6.07) is 5.11. The number of hydrogen-bond donors (Lipinski definition) is 0. The minimum absolute atomic E-state index is 0.0701. The standard InChI is InChI=1S/C17H21BrFNO/c18-16-11-12(19)9-10-15(16)17(21)20(13-5-1-2-6-13)14-7-3-4-8-14/h9-11,13-14H,1-8H2. The maximum Gasteiger partial charge on any atom is 0.255 e. The van der Waals surface area contributed by atoms with E-state index in [4.69, 9.17) is 0 Å². The highest BCUT2D eigenvalue weighted by atomic mass is 79.9. The van der Waals surface area contributed by atoms with Gasteiger partial charge in [-0.25, -0.2) is 4.39 Å². The number of carbonyl (C=O) groups excluding carboxylic acids is 1. The molecule has 0 unspecified atom stereocenters. The fourth-order valence-electron chi connectivity index (χ4n) is 3.80. The molecule has 0 bridgehead atoms. The first-order chi connectivity index (χ1) is 10.2. The molecule has 0 atom stereocenters. The van der Waals surface area contributed by atoms with E-state index >= 15 is 0 Å². The van der Waals surface area contributed by atoms with E-state index in [1.54, 1.807) is 6.07 Å². The molecule has 0 aliphatic heterocycles. The van der Waals surface area contributed by atoms with Crippen molar-refractivity contribution in [1.29, 1.82) is 0 Å². The van der Waals surface area contributed by atoms with Crippen LogP contribution in [-0.2, 0) is 0 Å². The molecule has 4 heteroatoms. The van der Waals surface area contributed by atoms with E-state index in [1.807, 2.05) is 0 Å². The van der Waals surface area contributed by atoms with Gasteiger partial charge in [0.2, 0.25) is 0 Å². The second-order valence-corrected chi connectivity index (χ2v) is 7.07. The van der Waals surface area contributed by atoms with Crippen LogP contribution < -0.4 is 0 Å². The fraction of sp³-hybridized carbons (Fsp3) is 0.588. The Morgan fingerprint density at radius 2 is 1.57 bits per heavy atom. The zero-order valence-corrected chi connectivity index (χ0v) is 13.7. The summed E-state index contributed by atoms with van der Waals surface area (Å²) in [7, 11) is 0. The van der Waals surface area contributed by atoms with Crippen LogP contribution >= 0.6 is 15.9 Å². The average Bonchev–Trinajstić information content (AvgIpc) is 3.12. The lowest BCUT2D eigenvalue weighted by Gasteiger charge is -2.35. The van der Waals surface area contributed by atoms with Crippen LogP contribution in [0.5, 0.6) is 0 Å². The zero-order valence-electron chi connectivity index (χ0n) is 12.2. The van der Waals surface area contributed by atoms with Crippen molar-refractivity contribution < 1.29 is 9.18 Å². The topological polar surface area (TPSA) is 20.3 Å².